The molecule has 0 saturated carbocycles. The molecule has 1 aliphatic heterocycles. The lowest BCUT2D eigenvalue weighted by atomic mass is 9.91. The fraction of sp³-hybridized carbons (Fsp3) is 0.524. The van der Waals surface area contributed by atoms with Gasteiger partial charge in [0, 0.05) is 19.1 Å². The van der Waals surface area contributed by atoms with Crippen LogP contribution in [-0.2, 0) is 0 Å². The highest BCUT2D eigenvalue weighted by atomic mass is 16.2. The zero-order valence-electron chi connectivity index (χ0n) is 16.3. The normalized spacial score (nSPS) is 19.0. The summed E-state index contributed by atoms with van der Waals surface area (Å²) in [6, 6.07) is 8.36. The maximum Gasteiger partial charge on any atom is 0.257 e. The van der Waals surface area contributed by atoms with E-state index in [0.717, 1.165) is 37.3 Å². The van der Waals surface area contributed by atoms with Gasteiger partial charge in [-0.1, -0.05) is 31.5 Å². The van der Waals surface area contributed by atoms with Crippen LogP contribution in [0.15, 0.2) is 30.5 Å². The van der Waals surface area contributed by atoms with Crippen LogP contribution < -0.4 is 5.73 Å². The van der Waals surface area contributed by atoms with Crippen molar-refractivity contribution in [1.82, 2.24) is 14.7 Å². The van der Waals surface area contributed by atoms with E-state index in [4.69, 9.17) is 5.73 Å². The van der Waals surface area contributed by atoms with Gasteiger partial charge < -0.3 is 10.6 Å². The van der Waals surface area contributed by atoms with E-state index < -0.39 is 0 Å². The van der Waals surface area contributed by atoms with Crippen LogP contribution >= 0.6 is 0 Å². The van der Waals surface area contributed by atoms with Crippen LogP contribution in [0.2, 0.25) is 0 Å². The molecule has 2 aromatic rings. The minimum atomic E-state index is 0.0809. The largest absolute Gasteiger partial charge is 0.338 e. The molecule has 0 unspecified atom stereocenters. The third-order valence-corrected chi connectivity index (χ3v) is 5.35. The number of nitrogens with two attached hydrogens (primary N) is 1. The summed E-state index contributed by atoms with van der Waals surface area (Å²) < 4.78 is 1.91. The molecule has 1 amide bonds. The van der Waals surface area contributed by atoms with Gasteiger partial charge in [0.05, 0.1) is 23.1 Å². The predicted molar refractivity (Wildman–Crippen MR) is 105 cm³/mol. The third-order valence-electron chi connectivity index (χ3n) is 5.35. The molecular formula is C21H30N4O. The molecule has 2 heterocycles. The molecule has 5 nitrogen and oxygen atoms in total. The summed E-state index contributed by atoms with van der Waals surface area (Å²) in [5.74, 6) is 0.659. The Morgan fingerprint density at radius 2 is 1.92 bits per heavy atom. The monoisotopic (exact) mass is 354 g/mol. The molecule has 1 saturated heterocycles. The van der Waals surface area contributed by atoms with Crippen molar-refractivity contribution in [3.8, 4) is 5.69 Å². The van der Waals surface area contributed by atoms with Crippen molar-refractivity contribution in [1.29, 1.82) is 0 Å². The number of carbonyl (C=O) groups excluding carboxylic acids is 1. The second-order valence-electron chi connectivity index (χ2n) is 7.86. The number of hydrogen-bond donors (Lipinski definition) is 1. The van der Waals surface area contributed by atoms with Crippen molar-refractivity contribution in [3.05, 3.63) is 47.3 Å². The minimum Gasteiger partial charge on any atom is -0.338 e. The van der Waals surface area contributed by atoms with Gasteiger partial charge in [-0.25, -0.2) is 4.68 Å². The number of amides is 1. The van der Waals surface area contributed by atoms with Gasteiger partial charge in [0.2, 0.25) is 0 Å². The van der Waals surface area contributed by atoms with E-state index in [9.17, 15) is 4.79 Å². The molecule has 2 N–H and O–H groups in total. The van der Waals surface area contributed by atoms with Gasteiger partial charge in [-0.3, -0.25) is 4.79 Å². The zero-order valence-corrected chi connectivity index (χ0v) is 16.3. The van der Waals surface area contributed by atoms with Crippen LogP contribution in [0.3, 0.4) is 0 Å². The fourth-order valence-corrected chi connectivity index (χ4v) is 3.76. The van der Waals surface area contributed by atoms with Gasteiger partial charge in [0.15, 0.2) is 0 Å². The molecular weight excluding hydrogens is 324 g/mol. The second-order valence-corrected chi connectivity index (χ2v) is 7.86. The highest BCUT2D eigenvalue weighted by molar-refractivity contribution is 5.95. The Hall–Kier alpha value is -2.14. The molecule has 2 atom stereocenters. The molecule has 0 bridgehead atoms. The molecule has 26 heavy (non-hydrogen) atoms. The van der Waals surface area contributed by atoms with Crippen LogP contribution in [-0.4, -0.2) is 39.7 Å². The Morgan fingerprint density at radius 1 is 1.23 bits per heavy atom. The van der Waals surface area contributed by atoms with Crippen LogP contribution in [0.1, 0.15) is 61.1 Å². The van der Waals surface area contributed by atoms with Crippen molar-refractivity contribution in [3.63, 3.8) is 0 Å². The number of carbonyl (C=O) groups is 1. The number of nitrogens with zero attached hydrogens (tertiary/aromatic N) is 3. The van der Waals surface area contributed by atoms with Gasteiger partial charge in [0.25, 0.3) is 5.91 Å². The van der Waals surface area contributed by atoms with E-state index in [1.54, 1.807) is 6.20 Å². The van der Waals surface area contributed by atoms with Gasteiger partial charge in [-0.2, -0.15) is 5.10 Å². The molecule has 140 valence electrons. The van der Waals surface area contributed by atoms with Crippen molar-refractivity contribution in [2.45, 2.75) is 52.5 Å². The van der Waals surface area contributed by atoms with E-state index in [1.165, 1.54) is 5.56 Å². The van der Waals surface area contributed by atoms with E-state index in [2.05, 4.69) is 50.1 Å². The molecule has 0 aliphatic carbocycles. The summed E-state index contributed by atoms with van der Waals surface area (Å²) in [6.07, 6.45) is 3.84. The topological polar surface area (TPSA) is 64.2 Å². The number of hydrogen-bond acceptors (Lipinski definition) is 3. The average Bonchev–Trinajstić information content (AvgIpc) is 3.07. The van der Waals surface area contributed by atoms with Crippen LogP contribution in [0, 0.1) is 12.8 Å². The third kappa shape index (κ3) is 3.68. The summed E-state index contributed by atoms with van der Waals surface area (Å²) in [6.45, 7) is 9.86. The first kappa shape index (κ1) is 18.6. The molecule has 0 spiro atoms. The van der Waals surface area contributed by atoms with E-state index in [0.29, 0.717) is 11.5 Å². The molecule has 1 aliphatic rings. The first-order valence-electron chi connectivity index (χ1n) is 9.58. The smallest absolute Gasteiger partial charge is 0.257 e. The number of aromatic nitrogens is 2. The summed E-state index contributed by atoms with van der Waals surface area (Å²) >= 11 is 0. The highest BCUT2D eigenvalue weighted by Gasteiger charge is 2.29. The average molecular weight is 354 g/mol. The van der Waals surface area contributed by atoms with Gasteiger partial charge in [0.1, 0.15) is 0 Å². The zero-order chi connectivity index (χ0) is 18.8. The summed E-state index contributed by atoms with van der Waals surface area (Å²) in [7, 11) is 0. The standard InChI is InChI=1S/C21H30N4O/c1-14(2)20-19(12-23-25(20)18-9-7-15(3)8-10-18)21(26)24-11-5-6-17(13-24)16(4)22/h7-10,12,14,16-17H,5-6,11,13,22H2,1-4H3/t16-,17-/m1/s1. The van der Waals surface area contributed by atoms with Crippen LogP contribution in [0.25, 0.3) is 5.69 Å². The van der Waals surface area contributed by atoms with E-state index in [1.807, 2.05) is 16.5 Å². The van der Waals surface area contributed by atoms with Crippen molar-refractivity contribution in [2.75, 3.05) is 13.1 Å². The van der Waals surface area contributed by atoms with E-state index >= 15 is 0 Å². The first-order valence-corrected chi connectivity index (χ1v) is 9.58. The number of rotatable bonds is 4. The molecule has 3 rings (SSSR count). The lowest BCUT2D eigenvalue weighted by molar-refractivity contribution is 0.0659. The quantitative estimate of drug-likeness (QED) is 0.914. The Morgan fingerprint density at radius 3 is 2.54 bits per heavy atom. The molecule has 5 heteroatoms. The van der Waals surface area contributed by atoms with Gasteiger partial charge in [-0.05, 0) is 50.7 Å². The fourth-order valence-electron chi connectivity index (χ4n) is 3.76. The maximum absolute atomic E-state index is 13.2. The van der Waals surface area contributed by atoms with Crippen molar-refractivity contribution in [2.24, 2.45) is 11.7 Å². The van der Waals surface area contributed by atoms with Crippen molar-refractivity contribution >= 4 is 5.91 Å². The van der Waals surface area contributed by atoms with Gasteiger partial charge >= 0.3 is 0 Å². The molecule has 1 aromatic carbocycles. The molecule has 0 radical (unpaired) electrons. The number of aryl methyl sites for hydroxylation is 1. The Kier molecular flexibility index (Phi) is 5.47. The maximum atomic E-state index is 13.2. The summed E-state index contributed by atoms with van der Waals surface area (Å²) in [5, 5.41) is 4.55. The van der Waals surface area contributed by atoms with Gasteiger partial charge in [-0.15, -0.1) is 0 Å². The Labute approximate surface area is 156 Å². The van der Waals surface area contributed by atoms with E-state index in [-0.39, 0.29) is 17.9 Å². The summed E-state index contributed by atoms with van der Waals surface area (Å²) in [4.78, 5) is 15.2. The lowest BCUT2D eigenvalue weighted by Gasteiger charge is -2.34. The Balaban J connectivity index is 1.92. The number of benzene rings is 1. The molecule has 1 fully saturated rings. The van der Waals surface area contributed by atoms with Crippen LogP contribution in [0.4, 0.5) is 0 Å². The highest BCUT2D eigenvalue weighted by Crippen LogP contribution is 2.27. The first-order chi connectivity index (χ1) is 12.4. The second kappa shape index (κ2) is 7.62. The number of piperidine rings is 1. The SMILES string of the molecule is Cc1ccc(-n2ncc(C(=O)N3CCC[C@@H]([C@@H](C)N)C3)c2C(C)C)cc1. The van der Waals surface area contributed by atoms with Crippen LogP contribution in [0.5, 0.6) is 0 Å². The number of likely N-dealkylation sites (tertiary alicyclic amines) is 1. The predicted octanol–water partition coefficient (Wildman–Crippen LogP) is 3.50. The minimum absolute atomic E-state index is 0.0809. The van der Waals surface area contributed by atoms with Crippen molar-refractivity contribution < 1.29 is 4.79 Å². The summed E-state index contributed by atoms with van der Waals surface area (Å²) in [5.41, 5.74) is 9.97. The Bertz CT molecular complexity index is 761. The molecule has 1 aromatic heterocycles. The lowest BCUT2D eigenvalue weighted by Crippen LogP contribution is -2.45.